The number of aromatic hydroxyl groups is 1. The zero-order chi connectivity index (χ0) is 102. The molecule has 6 heterocycles. The van der Waals surface area contributed by atoms with Crippen LogP contribution in [-0.4, -0.2) is 345 Å². The van der Waals surface area contributed by atoms with Crippen molar-refractivity contribution >= 4 is 146 Å². The van der Waals surface area contributed by atoms with Gasteiger partial charge in [0.15, 0.2) is 5.96 Å². The Hall–Kier alpha value is -14.3. The van der Waals surface area contributed by atoms with Gasteiger partial charge >= 0.3 is 11.9 Å². The Labute approximate surface area is 810 Å². The molecule has 3 aliphatic heterocycles. The first-order chi connectivity index (χ1) is 66.7. The van der Waals surface area contributed by atoms with Crippen molar-refractivity contribution in [1.82, 2.24) is 103 Å². The van der Waals surface area contributed by atoms with E-state index in [9.17, 15) is 68.7 Å². The smallest absolute Gasteiger partial charge is 0.323 e. The van der Waals surface area contributed by atoms with E-state index in [1.165, 1.54) is 81.8 Å². The molecule has 3 fully saturated rings. The maximum atomic E-state index is 15.9. The number of carbonyl (C=O) groups excluding carboxylic acids is 16. The van der Waals surface area contributed by atoms with Crippen LogP contribution in [0.1, 0.15) is 133 Å². The average molecular weight is 1970 g/mol. The number of phenols is 1. The molecule has 0 unspecified atom stereocenters. The van der Waals surface area contributed by atoms with Gasteiger partial charge < -0.3 is 140 Å². The van der Waals surface area contributed by atoms with E-state index in [2.05, 4.69) is 73.4 Å². The zero-order valence-electron chi connectivity index (χ0n) is 78.8. The molecular formula is C92H128N24O23S. The number of likely N-dealkylation sites (N-methyl/N-ethyl adjacent to an activating group) is 3. The third-order valence-corrected chi connectivity index (χ3v) is 25.8. The van der Waals surface area contributed by atoms with Gasteiger partial charge in [0.25, 0.3) is 0 Å². The molecule has 16 amide bonds. The minimum atomic E-state index is -2.01. The van der Waals surface area contributed by atoms with Crippen LogP contribution in [-0.2, 0) is 119 Å². The number of carboxylic acids is 2. The molecule has 0 spiro atoms. The Balaban J connectivity index is 1.12. The number of H-pyrrole nitrogens is 2. The van der Waals surface area contributed by atoms with Gasteiger partial charge in [-0.2, -0.15) is 0 Å². The van der Waals surface area contributed by atoms with Gasteiger partial charge in [-0.05, 0) is 106 Å². The highest BCUT2D eigenvalue weighted by Crippen LogP contribution is 2.29. The number of aliphatic hydroxyl groups excluding tert-OH is 2. The van der Waals surface area contributed by atoms with Crippen molar-refractivity contribution in [2.24, 2.45) is 17.2 Å². The second-order valence-corrected chi connectivity index (χ2v) is 36.1. The van der Waals surface area contributed by atoms with Crippen LogP contribution >= 0.6 is 11.8 Å². The fraction of sp³-hybridized carbons (Fsp3) is 0.522. The second-order valence-electron chi connectivity index (χ2n) is 35.0. The number of fused-ring (bicyclic) bond motifs is 4. The number of hydrogen-bond donors (Lipinski definition) is 22. The lowest BCUT2D eigenvalue weighted by Crippen LogP contribution is -2.61. The fourth-order valence-corrected chi connectivity index (χ4v) is 18.0. The van der Waals surface area contributed by atoms with Crippen LogP contribution in [0.2, 0.25) is 0 Å². The van der Waals surface area contributed by atoms with Crippen LogP contribution in [0.25, 0.3) is 21.8 Å². The predicted molar refractivity (Wildman–Crippen MR) is 508 cm³/mol. The van der Waals surface area contributed by atoms with Crippen molar-refractivity contribution in [3.63, 3.8) is 0 Å². The van der Waals surface area contributed by atoms with Gasteiger partial charge in [0.2, 0.25) is 94.5 Å². The van der Waals surface area contributed by atoms with Crippen LogP contribution in [0.4, 0.5) is 0 Å². The molecule has 25 N–H and O–H groups in total. The van der Waals surface area contributed by atoms with Crippen LogP contribution in [0, 0.1) is 5.41 Å². The normalized spacial score (nSPS) is 24.2. The Morgan fingerprint density at radius 3 is 1.79 bits per heavy atom. The summed E-state index contributed by atoms with van der Waals surface area (Å²) in [7, 11) is 3.82. The number of primary amides is 1. The minimum Gasteiger partial charge on any atom is -0.508 e. The SMILES string of the molecule is CCCC[C@H]1C(=O)N(C)[C@@H](CCCC)C(=O)N[C@@H](CCCNC(=N)N)C(=O)N[C@H](C(=O)NCC(N)=O)CSCC(=O)N[C@@H](Cc2ccc(O)cc2)C(=O)N(C)[C@@H](C)C(=O)N[C@H](CCN)C(=O)N2CCC[C@H]2C(=O)N[C@@H](Cc2cnc[nH]2)C(=O)N[C@@H](CCC(=O)O)C(=O)N2C[C@H](O)C[C@H]2C(=O)N[C@@H](Cc2c[nH]c3ccccc23)C(=O)N[C@@H](CO)C(=O)N[C@@H](Cc2cn(CC(=O)O)c3ccccc23)C(=O)N1C. The minimum absolute atomic E-state index is 0.00738. The number of nitrogens with one attached hydrogen (secondary N) is 14. The number of aliphatic hydroxyl groups is 2. The summed E-state index contributed by atoms with van der Waals surface area (Å²) in [5, 5.41) is 90.7. The number of rotatable bonds is 29. The quantitative estimate of drug-likeness (QED) is 0.0121. The Bertz CT molecular complexity index is 5430. The van der Waals surface area contributed by atoms with Crippen molar-refractivity contribution < 1.29 is 112 Å². The molecule has 6 aromatic rings. The molecule has 9 rings (SSSR count). The number of amides is 16. The first-order valence-corrected chi connectivity index (χ1v) is 47.5. The molecule has 0 radical (unpaired) electrons. The number of guanidine groups is 1. The Morgan fingerprint density at radius 1 is 0.564 bits per heavy atom. The molecule has 3 aromatic heterocycles. The molecule has 3 aliphatic rings. The van der Waals surface area contributed by atoms with Crippen molar-refractivity contribution in [1.29, 1.82) is 5.41 Å². The monoisotopic (exact) mass is 1970 g/mol. The number of benzene rings is 3. The number of carboxylic acid groups (broad SMARTS) is 2. The van der Waals surface area contributed by atoms with Gasteiger partial charge in [-0.15, -0.1) is 11.8 Å². The molecule has 140 heavy (non-hydrogen) atoms. The number of aliphatic carboxylic acids is 2. The molecule has 0 saturated carbocycles. The molecule has 47 nitrogen and oxygen atoms in total. The van der Waals surface area contributed by atoms with E-state index in [4.69, 9.17) is 22.6 Å². The summed E-state index contributed by atoms with van der Waals surface area (Å²) in [5.74, 6) is -20.1. The summed E-state index contributed by atoms with van der Waals surface area (Å²) in [6.07, 6.45) is 1.59. The van der Waals surface area contributed by atoms with E-state index in [0.717, 1.165) is 36.3 Å². The fourth-order valence-electron chi connectivity index (χ4n) is 17.1. The summed E-state index contributed by atoms with van der Waals surface area (Å²) >= 11 is 0.755. The number of carbonyl (C=O) groups is 18. The van der Waals surface area contributed by atoms with Crippen molar-refractivity contribution in [2.75, 3.05) is 72.0 Å². The highest BCUT2D eigenvalue weighted by Gasteiger charge is 2.47. The predicted octanol–water partition coefficient (Wildman–Crippen LogP) is -4.08. The number of thioether (sulfide) groups is 1. The van der Waals surface area contributed by atoms with Crippen molar-refractivity contribution in [3.8, 4) is 5.75 Å². The van der Waals surface area contributed by atoms with E-state index in [1.807, 2.05) is 0 Å². The van der Waals surface area contributed by atoms with Crippen LogP contribution in [0.15, 0.2) is 97.7 Å². The van der Waals surface area contributed by atoms with Crippen LogP contribution < -0.4 is 75.7 Å². The number of imidazole rings is 1. The summed E-state index contributed by atoms with van der Waals surface area (Å²) in [6.45, 7) is 1.46. The van der Waals surface area contributed by atoms with Crippen molar-refractivity contribution in [2.45, 2.75) is 234 Å². The topological polar surface area (TPSA) is 708 Å². The summed E-state index contributed by atoms with van der Waals surface area (Å²) in [5.41, 5.74) is 19.4. The average Bonchev–Trinajstić information content (AvgIpc) is 1.60. The summed E-state index contributed by atoms with van der Waals surface area (Å²) in [4.78, 5) is 278. The van der Waals surface area contributed by atoms with Gasteiger partial charge in [0.1, 0.15) is 96.9 Å². The van der Waals surface area contributed by atoms with Crippen LogP contribution in [0.3, 0.4) is 0 Å². The highest BCUT2D eigenvalue weighted by molar-refractivity contribution is 8.00. The number of unbranched alkanes of at least 4 members (excludes halogenated alkanes) is 2. The summed E-state index contributed by atoms with van der Waals surface area (Å²) < 4.78 is 1.39. The maximum Gasteiger partial charge on any atom is 0.323 e. The van der Waals surface area contributed by atoms with E-state index in [0.29, 0.717) is 45.8 Å². The first kappa shape index (κ1) is 109. The number of nitrogens with zero attached hydrogens (tertiary/aromatic N) is 7. The molecule has 0 aliphatic carbocycles. The molecular weight excluding hydrogens is 1840 g/mol. The third-order valence-electron chi connectivity index (χ3n) is 24.8. The number of hydrogen-bond acceptors (Lipinski definition) is 25. The van der Waals surface area contributed by atoms with Gasteiger partial charge in [-0.1, -0.05) is 88.1 Å². The van der Waals surface area contributed by atoms with E-state index >= 15 is 43.2 Å². The lowest BCUT2D eigenvalue weighted by atomic mass is 10.00. The Morgan fingerprint density at radius 2 is 1.14 bits per heavy atom. The van der Waals surface area contributed by atoms with Gasteiger partial charge in [0, 0.05) is 131 Å². The maximum absolute atomic E-state index is 15.9. The summed E-state index contributed by atoms with van der Waals surface area (Å²) in [6, 6.07) is -3.80. The standard InChI is InChI=1S/C92H128N24O23S/c1-7-9-21-70-84(132)103-60(20-15-33-98-92(95)96)80(128)110-68(79(127)100-42-74(94)120)47-140-48-75(121)102-65(35-51-25-27-55(118)28-26-51)87(135)111(4)50(3)78(126)104-62(31-32-93)89(137)115-34-16-24-71(115)85(133)107-64(38-54-41-97-49-101-54)82(130)105-61(29-30-76(122)123)90(138)116-44-56(119)39-73(116)86(134)106-63(36-52-40-99-59-19-13-11-17-57(52)59)81(129)109-67(46-117)83(131)108-66(88(136)113(6)72(22-10-8-2)91(139)112(70)5)37-53-43-114(45-77(124)125)69-23-14-12-18-58(53)69/h11-14,17-19,23,25-28,40-41,43,49-50,56,60-68,70-73,99,117-119H,7-10,15-16,20-22,24,29-39,42,44-48,93H2,1-6H3,(H2,94,120)(H,97,101)(H,100,127)(H,102,121)(H,103,132)(H,104,126)(H,105,130)(H,106,134)(H,107,133)(H,108,131)(H,109,129)(H,110,128)(H,122,123)(H,124,125)(H4,95,96,98)/t50-,56+,60-,61-,62+,63-,64-,65-,66-,67-,68-,70-,71-,72-,73-/m0/s1. The third kappa shape index (κ3) is 30.4. The lowest BCUT2D eigenvalue weighted by Gasteiger charge is -2.36. The van der Waals surface area contributed by atoms with E-state index < -0.39 is 273 Å². The zero-order valence-corrected chi connectivity index (χ0v) is 79.7. The van der Waals surface area contributed by atoms with E-state index in [1.54, 1.807) is 62.4 Å². The molecule has 760 valence electrons. The number of aromatic amines is 2. The van der Waals surface area contributed by atoms with E-state index in [-0.39, 0.29) is 107 Å². The van der Waals surface area contributed by atoms with Gasteiger partial charge in [-0.25, -0.2) is 4.98 Å². The van der Waals surface area contributed by atoms with Gasteiger partial charge in [0.05, 0.1) is 31.3 Å². The number of nitrogens with two attached hydrogens (primary N) is 3. The number of aromatic nitrogens is 4. The Kier molecular flexibility index (Phi) is 41.0. The molecule has 15 atom stereocenters. The lowest BCUT2D eigenvalue weighted by molar-refractivity contribution is -0.149. The molecule has 3 aromatic carbocycles. The number of para-hydroxylation sites is 2. The number of phenolic OH excluding ortho intramolecular Hbond substituents is 1. The molecule has 3 saturated heterocycles. The highest BCUT2D eigenvalue weighted by atomic mass is 32.2. The molecule has 48 heteroatoms. The first-order valence-electron chi connectivity index (χ1n) is 46.4. The second kappa shape index (κ2) is 52.5. The van der Waals surface area contributed by atoms with Crippen LogP contribution in [0.5, 0.6) is 5.75 Å². The molecule has 0 bridgehead atoms. The van der Waals surface area contributed by atoms with Crippen molar-refractivity contribution in [3.05, 3.63) is 120 Å². The van der Waals surface area contributed by atoms with Gasteiger partial charge in [-0.3, -0.25) is 91.7 Å². The largest absolute Gasteiger partial charge is 0.508 e.